The van der Waals surface area contributed by atoms with Crippen LogP contribution >= 0.6 is 0 Å². The normalized spacial score (nSPS) is 23.1. The third kappa shape index (κ3) is 2.63. The number of amides is 1. The smallest absolute Gasteiger partial charge is 0.255 e. The monoisotopic (exact) mass is 275 g/mol. The first kappa shape index (κ1) is 13.4. The standard InChI is InChI=1S/C15H21N3O2/c1-12-3-2-6-18(12)15(19)13-4-5-14(16-11-13)17-7-9-20-10-8-17/h4-5,11-12H,2-3,6-10H2,1H3. The molecule has 20 heavy (non-hydrogen) atoms. The topological polar surface area (TPSA) is 45.7 Å². The number of aromatic nitrogens is 1. The van der Waals surface area contributed by atoms with E-state index in [9.17, 15) is 4.79 Å². The van der Waals surface area contributed by atoms with Crippen molar-refractivity contribution in [1.29, 1.82) is 0 Å². The zero-order valence-electron chi connectivity index (χ0n) is 11.9. The molecule has 0 radical (unpaired) electrons. The summed E-state index contributed by atoms with van der Waals surface area (Å²) in [4.78, 5) is 21.0. The zero-order chi connectivity index (χ0) is 13.9. The number of nitrogens with zero attached hydrogens (tertiary/aromatic N) is 3. The molecule has 1 aromatic heterocycles. The van der Waals surface area contributed by atoms with E-state index in [1.165, 1.54) is 0 Å². The molecule has 0 saturated carbocycles. The second kappa shape index (κ2) is 5.79. The first-order chi connectivity index (χ1) is 9.75. The Morgan fingerprint density at radius 1 is 1.30 bits per heavy atom. The summed E-state index contributed by atoms with van der Waals surface area (Å²) in [6, 6.07) is 4.19. The first-order valence-corrected chi connectivity index (χ1v) is 7.35. The number of likely N-dealkylation sites (tertiary alicyclic amines) is 1. The largest absolute Gasteiger partial charge is 0.378 e. The van der Waals surface area contributed by atoms with Gasteiger partial charge in [0, 0.05) is 31.9 Å². The van der Waals surface area contributed by atoms with Crippen LogP contribution in [0.4, 0.5) is 5.82 Å². The van der Waals surface area contributed by atoms with Crippen molar-refractivity contribution in [2.24, 2.45) is 0 Å². The maximum absolute atomic E-state index is 12.4. The average Bonchev–Trinajstić information content (AvgIpc) is 2.94. The molecular formula is C15H21N3O2. The fraction of sp³-hybridized carbons (Fsp3) is 0.600. The molecule has 5 heteroatoms. The average molecular weight is 275 g/mol. The molecule has 2 aliphatic rings. The number of anilines is 1. The van der Waals surface area contributed by atoms with Gasteiger partial charge in [0.2, 0.25) is 0 Å². The van der Waals surface area contributed by atoms with Gasteiger partial charge >= 0.3 is 0 Å². The fourth-order valence-electron chi connectivity index (χ4n) is 2.89. The number of ether oxygens (including phenoxy) is 1. The number of hydrogen-bond donors (Lipinski definition) is 0. The summed E-state index contributed by atoms with van der Waals surface area (Å²) in [5.41, 5.74) is 0.691. The SMILES string of the molecule is CC1CCCN1C(=O)c1ccc(N2CCOCC2)nc1. The Bertz CT molecular complexity index is 469. The predicted octanol–water partition coefficient (Wildman–Crippen LogP) is 1.54. The molecule has 0 aliphatic carbocycles. The van der Waals surface area contributed by atoms with Crippen molar-refractivity contribution < 1.29 is 9.53 Å². The second-order valence-corrected chi connectivity index (χ2v) is 5.49. The van der Waals surface area contributed by atoms with Crippen molar-refractivity contribution in [1.82, 2.24) is 9.88 Å². The molecule has 2 saturated heterocycles. The van der Waals surface area contributed by atoms with Gasteiger partial charge in [-0.05, 0) is 31.9 Å². The van der Waals surface area contributed by atoms with Crippen LogP contribution in [0.15, 0.2) is 18.3 Å². The van der Waals surface area contributed by atoms with Crippen molar-refractivity contribution in [3.05, 3.63) is 23.9 Å². The van der Waals surface area contributed by atoms with Crippen LogP contribution in [0.25, 0.3) is 0 Å². The molecule has 3 rings (SSSR count). The van der Waals surface area contributed by atoms with E-state index in [2.05, 4.69) is 16.8 Å². The highest BCUT2D eigenvalue weighted by molar-refractivity contribution is 5.94. The molecule has 0 aromatic carbocycles. The minimum Gasteiger partial charge on any atom is -0.378 e. The van der Waals surface area contributed by atoms with Crippen molar-refractivity contribution in [3.63, 3.8) is 0 Å². The van der Waals surface area contributed by atoms with E-state index in [1.54, 1.807) is 6.20 Å². The zero-order valence-corrected chi connectivity index (χ0v) is 11.9. The van der Waals surface area contributed by atoms with Crippen LogP contribution in [0.3, 0.4) is 0 Å². The summed E-state index contributed by atoms with van der Waals surface area (Å²) in [5, 5.41) is 0. The molecule has 2 fully saturated rings. The van der Waals surface area contributed by atoms with Crippen molar-refractivity contribution in [2.75, 3.05) is 37.7 Å². The van der Waals surface area contributed by atoms with Gasteiger partial charge in [0.1, 0.15) is 5.82 Å². The molecule has 1 unspecified atom stereocenters. The van der Waals surface area contributed by atoms with E-state index >= 15 is 0 Å². The maximum Gasteiger partial charge on any atom is 0.255 e. The number of rotatable bonds is 2. The maximum atomic E-state index is 12.4. The first-order valence-electron chi connectivity index (χ1n) is 7.35. The highest BCUT2D eigenvalue weighted by Gasteiger charge is 2.26. The Balaban J connectivity index is 1.70. The summed E-state index contributed by atoms with van der Waals surface area (Å²) >= 11 is 0. The Labute approximate surface area is 119 Å². The minimum absolute atomic E-state index is 0.107. The molecule has 0 N–H and O–H groups in total. The van der Waals surface area contributed by atoms with Gasteiger partial charge in [0.25, 0.3) is 5.91 Å². The summed E-state index contributed by atoms with van der Waals surface area (Å²) in [6.45, 7) is 6.19. The molecular weight excluding hydrogens is 254 g/mol. The molecule has 0 bridgehead atoms. The lowest BCUT2D eigenvalue weighted by atomic mass is 10.2. The van der Waals surface area contributed by atoms with Gasteiger partial charge in [-0.25, -0.2) is 4.98 Å². The summed E-state index contributed by atoms with van der Waals surface area (Å²) in [7, 11) is 0. The third-order valence-electron chi connectivity index (χ3n) is 4.14. The van der Waals surface area contributed by atoms with Crippen molar-refractivity contribution >= 4 is 11.7 Å². The minimum atomic E-state index is 0.107. The highest BCUT2D eigenvalue weighted by atomic mass is 16.5. The van der Waals surface area contributed by atoms with Gasteiger partial charge in [0.15, 0.2) is 0 Å². The van der Waals surface area contributed by atoms with Crippen LogP contribution in [0, 0.1) is 0 Å². The molecule has 108 valence electrons. The number of carbonyl (C=O) groups excluding carboxylic acids is 1. The fourth-order valence-corrected chi connectivity index (χ4v) is 2.89. The van der Waals surface area contributed by atoms with Gasteiger partial charge in [-0.15, -0.1) is 0 Å². The van der Waals surface area contributed by atoms with Crippen LogP contribution in [0.2, 0.25) is 0 Å². The van der Waals surface area contributed by atoms with Gasteiger partial charge in [-0.3, -0.25) is 4.79 Å². The van der Waals surface area contributed by atoms with Crippen LogP contribution in [0.5, 0.6) is 0 Å². The number of pyridine rings is 1. The lowest BCUT2D eigenvalue weighted by Gasteiger charge is -2.28. The van der Waals surface area contributed by atoms with E-state index < -0.39 is 0 Å². The molecule has 2 aliphatic heterocycles. The van der Waals surface area contributed by atoms with E-state index in [0.29, 0.717) is 11.6 Å². The molecule has 1 atom stereocenters. The van der Waals surface area contributed by atoms with Crippen LogP contribution in [0.1, 0.15) is 30.1 Å². The molecule has 1 aromatic rings. The second-order valence-electron chi connectivity index (χ2n) is 5.49. The summed E-state index contributed by atoms with van der Waals surface area (Å²) < 4.78 is 5.33. The van der Waals surface area contributed by atoms with E-state index in [-0.39, 0.29) is 5.91 Å². The van der Waals surface area contributed by atoms with Crippen LogP contribution in [-0.4, -0.2) is 54.7 Å². The molecule has 3 heterocycles. The van der Waals surface area contributed by atoms with E-state index in [4.69, 9.17) is 4.74 Å². The van der Waals surface area contributed by atoms with E-state index in [1.807, 2.05) is 17.0 Å². The van der Waals surface area contributed by atoms with Crippen molar-refractivity contribution in [3.8, 4) is 0 Å². The number of morpholine rings is 1. The number of hydrogen-bond acceptors (Lipinski definition) is 4. The molecule has 0 spiro atoms. The lowest BCUT2D eigenvalue weighted by Crippen LogP contribution is -2.37. The Morgan fingerprint density at radius 3 is 2.70 bits per heavy atom. The van der Waals surface area contributed by atoms with Crippen LogP contribution < -0.4 is 4.90 Å². The number of carbonyl (C=O) groups is 1. The van der Waals surface area contributed by atoms with Gasteiger partial charge in [-0.2, -0.15) is 0 Å². The molecule has 5 nitrogen and oxygen atoms in total. The van der Waals surface area contributed by atoms with Crippen molar-refractivity contribution in [2.45, 2.75) is 25.8 Å². The van der Waals surface area contributed by atoms with Gasteiger partial charge in [-0.1, -0.05) is 0 Å². The molecule has 1 amide bonds. The third-order valence-corrected chi connectivity index (χ3v) is 4.14. The Morgan fingerprint density at radius 2 is 2.10 bits per heavy atom. The highest BCUT2D eigenvalue weighted by Crippen LogP contribution is 2.20. The quantitative estimate of drug-likeness (QED) is 0.821. The lowest BCUT2D eigenvalue weighted by molar-refractivity contribution is 0.0747. The summed E-state index contributed by atoms with van der Waals surface area (Å²) in [6.07, 6.45) is 3.91. The summed E-state index contributed by atoms with van der Waals surface area (Å²) in [5.74, 6) is 1.04. The van der Waals surface area contributed by atoms with Gasteiger partial charge < -0.3 is 14.5 Å². The van der Waals surface area contributed by atoms with Crippen LogP contribution in [-0.2, 0) is 4.74 Å². The Kier molecular flexibility index (Phi) is 3.87. The Hall–Kier alpha value is -1.62. The predicted molar refractivity (Wildman–Crippen MR) is 77.0 cm³/mol. The van der Waals surface area contributed by atoms with Gasteiger partial charge in [0.05, 0.1) is 18.8 Å². The van der Waals surface area contributed by atoms with E-state index in [0.717, 1.165) is 51.5 Å².